The van der Waals surface area contributed by atoms with Crippen LogP contribution in [0, 0.1) is 20.8 Å². The van der Waals surface area contributed by atoms with Gasteiger partial charge in [0.25, 0.3) is 5.91 Å². The second-order valence-electron chi connectivity index (χ2n) is 7.78. The van der Waals surface area contributed by atoms with E-state index in [0.29, 0.717) is 0 Å². The largest absolute Gasteiger partial charge is 0.487 e. The lowest BCUT2D eigenvalue weighted by Crippen LogP contribution is -2.42. The zero-order valence-corrected chi connectivity index (χ0v) is 16.2. The number of hydrogen-bond donors (Lipinski definition) is 1. The molecule has 3 rings (SSSR count). The minimum Gasteiger partial charge on any atom is -0.487 e. The van der Waals surface area contributed by atoms with Crippen LogP contribution >= 0.6 is 0 Å². The van der Waals surface area contributed by atoms with Gasteiger partial charge in [-0.1, -0.05) is 29.8 Å². The van der Waals surface area contributed by atoms with Gasteiger partial charge in [0, 0.05) is 12.0 Å². The van der Waals surface area contributed by atoms with E-state index in [1.807, 2.05) is 65.0 Å². The summed E-state index contributed by atoms with van der Waals surface area (Å²) in [6.45, 7) is 10.1. The van der Waals surface area contributed by atoms with E-state index in [0.717, 1.165) is 40.2 Å². The van der Waals surface area contributed by atoms with Crippen LogP contribution in [0.2, 0.25) is 0 Å². The van der Waals surface area contributed by atoms with Crippen LogP contribution in [0.5, 0.6) is 11.5 Å². The van der Waals surface area contributed by atoms with E-state index < -0.39 is 0 Å². The molecule has 4 heteroatoms. The number of nitrogens with one attached hydrogen (secondary N) is 1. The first-order chi connectivity index (χ1) is 12.2. The molecule has 0 fully saturated rings. The first kappa shape index (κ1) is 18.3. The summed E-state index contributed by atoms with van der Waals surface area (Å²) in [4.78, 5) is 12.5. The molecule has 0 radical (unpaired) electrons. The normalized spacial score (nSPS) is 17.8. The third-order valence-electron chi connectivity index (χ3n) is 4.66. The Morgan fingerprint density at radius 2 is 1.85 bits per heavy atom. The van der Waals surface area contributed by atoms with Gasteiger partial charge in [-0.3, -0.25) is 4.79 Å². The topological polar surface area (TPSA) is 47.6 Å². The molecule has 2 aromatic rings. The van der Waals surface area contributed by atoms with Crippen molar-refractivity contribution in [2.75, 3.05) is 6.61 Å². The second kappa shape index (κ2) is 7.02. The van der Waals surface area contributed by atoms with Gasteiger partial charge in [-0.2, -0.15) is 0 Å². The maximum Gasteiger partial charge on any atom is 0.258 e. The number of carbonyl (C=O) groups is 1. The van der Waals surface area contributed by atoms with Crippen molar-refractivity contribution in [3.63, 3.8) is 0 Å². The number of rotatable bonds is 4. The predicted molar refractivity (Wildman–Crippen MR) is 103 cm³/mol. The second-order valence-corrected chi connectivity index (χ2v) is 7.78. The lowest BCUT2D eigenvalue weighted by Gasteiger charge is -2.38. The fraction of sp³-hybridized carbons (Fsp3) is 0.409. The van der Waals surface area contributed by atoms with Gasteiger partial charge in [-0.25, -0.2) is 0 Å². The van der Waals surface area contributed by atoms with Gasteiger partial charge >= 0.3 is 0 Å². The lowest BCUT2D eigenvalue weighted by molar-refractivity contribution is -0.124. The van der Waals surface area contributed by atoms with Crippen molar-refractivity contribution in [1.82, 2.24) is 5.32 Å². The van der Waals surface area contributed by atoms with Gasteiger partial charge < -0.3 is 14.8 Å². The molecule has 0 bridgehead atoms. The summed E-state index contributed by atoms with van der Waals surface area (Å²) >= 11 is 0. The summed E-state index contributed by atoms with van der Waals surface area (Å²) in [6.07, 6.45) is 0.721. The van der Waals surface area contributed by atoms with Crippen molar-refractivity contribution < 1.29 is 14.3 Å². The number of aryl methyl sites for hydroxylation is 3. The van der Waals surface area contributed by atoms with Crippen LogP contribution in [0.25, 0.3) is 0 Å². The summed E-state index contributed by atoms with van der Waals surface area (Å²) in [5.74, 6) is 1.47. The van der Waals surface area contributed by atoms with Crippen molar-refractivity contribution >= 4 is 5.91 Å². The molecule has 1 aliphatic heterocycles. The van der Waals surface area contributed by atoms with Crippen molar-refractivity contribution in [2.24, 2.45) is 0 Å². The van der Waals surface area contributed by atoms with Gasteiger partial charge in [-0.05, 0) is 57.9 Å². The van der Waals surface area contributed by atoms with Gasteiger partial charge in [0.1, 0.15) is 17.1 Å². The Kier molecular flexibility index (Phi) is 4.94. The highest BCUT2D eigenvalue weighted by Crippen LogP contribution is 2.39. The van der Waals surface area contributed by atoms with Crippen molar-refractivity contribution in [3.05, 3.63) is 58.7 Å². The third-order valence-corrected chi connectivity index (χ3v) is 4.66. The maximum atomic E-state index is 12.5. The minimum absolute atomic E-state index is 0.00320. The van der Waals surface area contributed by atoms with Crippen LogP contribution in [-0.2, 0) is 4.79 Å². The highest BCUT2D eigenvalue weighted by atomic mass is 16.5. The van der Waals surface area contributed by atoms with Crippen LogP contribution in [0.1, 0.15) is 48.6 Å². The molecule has 1 aliphatic rings. The monoisotopic (exact) mass is 353 g/mol. The zero-order valence-electron chi connectivity index (χ0n) is 16.2. The van der Waals surface area contributed by atoms with Crippen molar-refractivity contribution in [2.45, 2.75) is 52.7 Å². The summed E-state index contributed by atoms with van der Waals surface area (Å²) in [7, 11) is 0. The highest BCUT2D eigenvalue weighted by molar-refractivity contribution is 5.78. The molecule has 4 nitrogen and oxygen atoms in total. The Morgan fingerprint density at radius 1 is 1.15 bits per heavy atom. The molecule has 0 unspecified atom stereocenters. The molecular formula is C22H27NO3. The molecule has 0 saturated carbocycles. The van der Waals surface area contributed by atoms with E-state index in [1.54, 1.807) is 0 Å². The summed E-state index contributed by atoms with van der Waals surface area (Å²) in [5, 5.41) is 3.12. The fourth-order valence-corrected chi connectivity index (χ4v) is 3.34. The summed E-state index contributed by atoms with van der Waals surface area (Å²) in [5.41, 5.74) is 3.99. The first-order valence-electron chi connectivity index (χ1n) is 9.02. The van der Waals surface area contributed by atoms with E-state index in [9.17, 15) is 4.79 Å². The van der Waals surface area contributed by atoms with Gasteiger partial charge in [0.2, 0.25) is 0 Å². The molecule has 0 aliphatic carbocycles. The van der Waals surface area contributed by atoms with Crippen LogP contribution in [-0.4, -0.2) is 18.1 Å². The molecule has 0 aromatic heterocycles. The molecule has 2 aromatic carbocycles. The van der Waals surface area contributed by atoms with Crippen LogP contribution < -0.4 is 14.8 Å². The Morgan fingerprint density at radius 3 is 2.62 bits per heavy atom. The van der Waals surface area contributed by atoms with Crippen molar-refractivity contribution in [1.29, 1.82) is 0 Å². The number of ether oxygens (including phenoxy) is 2. The molecule has 0 saturated heterocycles. The first-order valence-corrected chi connectivity index (χ1v) is 9.02. The standard InChI is InChI=1S/C22H27NO3/c1-14-7-9-19-17(10-14)18(12-22(4,5)26-19)23-21(24)13-25-20-11-15(2)6-8-16(20)3/h6-11,18H,12-13H2,1-5H3,(H,23,24)/t18-/m0/s1. The molecular weight excluding hydrogens is 326 g/mol. The average molecular weight is 353 g/mol. The fourth-order valence-electron chi connectivity index (χ4n) is 3.34. The van der Waals surface area contributed by atoms with Gasteiger partial charge in [-0.15, -0.1) is 0 Å². The smallest absolute Gasteiger partial charge is 0.258 e. The molecule has 1 N–H and O–H groups in total. The number of fused-ring (bicyclic) bond motifs is 1. The Balaban J connectivity index is 1.71. The van der Waals surface area contributed by atoms with Crippen LogP contribution in [0.3, 0.4) is 0 Å². The van der Waals surface area contributed by atoms with Crippen molar-refractivity contribution in [3.8, 4) is 11.5 Å². The molecule has 0 spiro atoms. The zero-order chi connectivity index (χ0) is 18.9. The number of hydrogen-bond acceptors (Lipinski definition) is 3. The van der Waals surface area contributed by atoms with Gasteiger partial charge in [0.15, 0.2) is 6.61 Å². The van der Waals surface area contributed by atoms with E-state index >= 15 is 0 Å². The van der Waals surface area contributed by atoms with E-state index in [2.05, 4.69) is 11.4 Å². The highest BCUT2D eigenvalue weighted by Gasteiger charge is 2.34. The van der Waals surface area contributed by atoms with E-state index in [4.69, 9.17) is 9.47 Å². The summed E-state index contributed by atoms with van der Waals surface area (Å²) in [6, 6.07) is 12.0. The number of amides is 1. The average Bonchev–Trinajstić information content (AvgIpc) is 2.55. The third kappa shape index (κ3) is 4.18. The molecule has 1 heterocycles. The minimum atomic E-state index is -0.325. The number of carbonyl (C=O) groups excluding carboxylic acids is 1. The molecule has 26 heavy (non-hydrogen) atoms. The quantitative estimate of drug-likeness (QED) is 0.886. The Labute approximate surface area is 155 Å². The van der Waals surface area contributed by atoms with E-state index in [1.165, 1.54) is 0 Å². The van der Waals surface area contributed by atoms with Crippen LogP contribution in [0.15, 0.2) is 36.4 Å². The maximum absolute atomic E-state index is 12.5. The molecule has 1 amide bonds. The lowest BCUT2D eigenvalue weighted by atomic mass is 9.89. The number of benzene rings is 2. The van der Waals surface area contributed by atoms with Crippen LogP contribution in [0.4, 0.5) is 0 Å². The summed E-state index contributed by atoms with van der Waals surface area (Å²) < 4.78 is 11.8. The van der Waals surface area contributed by atoms with Gasteiger partial charge in [0.05, 0.1) is 6.04 Å². The predicted octanol–water partition coefficient (Wildman–Crippen LogP) is 4.41. The SMILES string of the molecule is Cc1ccc(C)c(OCC(=O)N[C@H]2CC(C)(C)Oc3ccc(C)cc32)c1. The Bertz CT molecular complexity index is 826. The molecule has 138 valence electrons. The van der Waals surface area contributed by atoms with E-state index in [-0.39, 0.29) is 24.2 Å². The Hall–Kier alpha value is -2.49. The molecule has 1 atom stereocenters.